The van der Waals surface area contributed by atoms with Crippen LogP contribution in [0.15, 0.2) is 54.6 Å². The average Bonchev–Trinajstić information content (AvgIpc) is 2.46. The highest BCUT2D eigenvalue weighted by Crippen LogP contribution is 2.28. The summed E-state index contributed by atoms with van der Waals surface area (Å²) in [5, 5.41) is 9.20. The fourth-order valence-electron chi connectivity index (χ4n) is 1.63. The Kier molecular flexibility index (Phi) is 4.39. The number of rotatable bonds is 4. The van der Waals surface area contributed by atoms with Gasteiger partial charge in [0.2, 0.25) is 6.10 Å². The first kappa shape index (κ1) is 13.4. The van der Waals surface area contributed by atoms with Crippen LogP contribution in [0.1, 0.15) is 11.7 Å². The quantitative estimate of drug-likeness (QED) is 0.667. The second kappa shape index (κ2) is 6.22. The third-order valence-electron chi connectivity index (χ3n) is 2.53. The van der Waals surface area contributed by atoms with Crippen LogP contribution in [0.5, 0.6) is 5.75 Å². The zero-order valence-electron chi connectivity index (χ0n) is 9.92. The third-order valence-corrected chi connectivity index (χ3v) is 2.84. The molecular formula is C14H12ClNO3. The Bertz CT molecular complexity index is 560. The van der Waals surface area contributed by atoms with E-state index in [9.17, 15) is 4.79 Å². The van der Waals surface area contributed by atoms with Crippen LogP contribution in [0.4, 0.5) is 0 Å². The lowest BCUT2D eigenvalue weighted by Crippen LogP contribution is -2.30. The maximum absolute atomic E-state index is 11.7. The topological polar surface area (TPSA) is 58.6 Å². The highest BCUT2D eigenvalue weighted by atomic mass is 35.5. The summed E-state index contributed by atoms with van der Waals surface area (Å²) in [5.74, 6) is -0.285. The summed E-state index contributed by atoms with van der Waals surface area (Å²) in [6.45, 7) is 0. The van der Waals surface area contributed by atoms with Gasteiger partial charge in [0.25, 0.3) is 5.91 Å². The van der Waals surface area contributed by atoms with Crippen molar-refractivity contribution in [1.29, 1.82) is 0 Å². The van der Waals surface area contributed by atoms with Crippen LogP contribution < -0.4 is 10.2 Å². The standard InChI is InChI=1S/C14H12ClNO3/c15-11-8-4-5-9-12(11)19-13(14(17)16-18)10-6-2-1-3-7-10/h1-9,13,18H,(H,16,17). The zero-order valence-corrected chi connectivity index (χ0v) is 10.7. The van der Waals surface area contributed by atoms with Gasteiger partial charge < -0.3 is 4.74 Å². The molecule has 0 aliphatic carbocycles. The van der Waals surface area contributed by atoms with Crippen molar-refractivity contribution >= 4 is 17.5 Å². The molecule has 0 aromatic heterocycles. The van der Waals surface area contributed by atoms with E-state index in [1.165, 1.54) is 0 Å². The minimum atomic E-state index is -0.967. The van der Waals surface area contributed by atoms with Gasteiger partial charge in [0, 0.05) is 5.56 Å². The van der Waals surface area contributed by atoms with Crippen LogP contribution in [-0.4, -0.2) is 11.1 Å². The van der Waals surface area contributed by atoms with Crippen molar-refractivity contribution in [3.8, 4) is 5.75 Å². The van der Waals surface area contributed by atoms with Crippen molar-refractivity contribution in [3.05, 3.63) is 65.2 Å². The molecule has 2 rings (SSSR count). The van der Waals surface area contributed by atoms with Crippen LogP contribution >= 0.6 is 11.6 Å². The average molecular weight is 278 g/mol. The number of ether oxygens (including phenoxy) is 1. The van der Waals surface area contributed by atoms with Gasteiger partial charge in [0.15, 0.2) is 0 Å². The van der Waals surface area contributed by atoms with E-state index in [4.69, 9.17) is 21.5 Å². The van der Waals surface area contributed by atoms with E-state index in [0.717, 1.165) is 0 Å². The summed E-state index contributed by atoms with van der Waals surface area (Å²) >= 11 is 5.98. The van der Waals surface area contributed by atoms with Crippen LogP contribution in [0.25, 0.3) is 0 Å². The van der Waals surface area contributed by atoms with Crippen molar-refractivity contribution in [2.45, 2.75) is 6.10 Å². The molecule has 19 heavy (non-hydrogen) atoms. The number of carbonyl (C=O) groups excluding carboxylic acids is 1. The maximum atomic E-state index is 11.7. The molecule has 4 nitrogen and oxygen atoms in total. The molecule has 0 saturated heterocycles. The molecule has 98 valence electrons. The first-order valence-corrected chi connectivity index (χ1v) is 6.00. The Balaban J connectivity index is 2.30. The number of benzene rings is 2. The second-order valence-corrected chi connectivity index (χ2v) is 4.22. The van der Waals surface area contributed by atoms with Crippen LogP contribution in [0.2, 0.25) is 5.02 Å². The summed E-state index contributed by atoms with van der Waals surface area (Å²) in [6, 6.07) is 15.7. The molecule has 0 fully saturated rings. The summed E-state index contributed by atoms with van der Waals surface area (Å²) < 4.78 is 5.58. The molecule has 1 atom stereocenters. The lowest BCUT2D eigenvalue weighted by Gasteiger charge is -2.18. The predicted octanol–water partition coefficient (Wildman–Crippen LogP) is 2.97. The lowest BCUT2D eigenvalue weighted by atomic mass is 10.1. The number of carbonyl (C=O) groups is 1. The second-order valence-electron chi connectivity index (χ2n) is 3.82. The Morgan fingerprint density at radius 1 is 1.11 bits per heavy atom. The van der Waals surface area contributed by atoms with Gasteiger partial charge in [-0.3, -0.25) is 10.0 Å². The SMILES string of the molecule is O=C(NO)C(Oc1ccccc1Cl)c1ccccc1. The number of hydrogen-bond donors (Lipinski definition) is 2. The molecule has 0 bridgehead atoms. The number of hydrogen-bond acceptors (Lipinski definition) is 3. The Hall–Kier alpha value is -2.04. The monoisotopic (exact) mass is 277 g/mol. The molecule has 2 aromatic carbocycles. The highest BCUT2D eigenvalue weighted by Gasteiger charge is 2.22. The maximum Gasteiger partial charge on any atom is 0.289 e. The molecule has 0 radical (unpaired) electrons. The lowest BCUT2D eigenvalue weighted by molar-refractivity contribution is -0.136. The van der Waals surface area contributed by atoms with Crippen molar-refractivity contribution in [2.75, 3.05) is 0 Å². The van der Waals surface area contributed by atoms with Crippen molar-refractivity contribution in [1.82, 2.24) is 5.48 Å². The minimum Gasteiger partial charge on any atom is -0.474 e. The predicted molar refractivity (Wildman–Crippen MR) is 71.2 cm³/mol. The summed E-state index contributed by atoms with van der Waals surface area (Å²) in [5.41, 5.74) is 2.22. The minimum absolute atomic E-state index is 0.376. The Morgan fingerprint density at radius 3 is 2.37 bits per heavy atom. The van der Waals surface area contributed by atoms with E-state index >= 15 is 0 Å². The fourth-order valence-corrected chi connectivity index (χ4v) is 1.81. The van der Waals surface area contributed by atoms with Gasteiger partial charge in [-0.05, 0) is 12.1 Å². The first-order chi connectivity index (χ1) is 9.22. The van der Waals surface area contributed by atoms with Gasteiger partial charge in [-0.2, -0.15) is 0 Å². The Morgan fingerprint density at radius 2 is 1.74 bits per heavy atom. The molecule has 1 unspecified atom stereocenters. The molecule has 0 spiro atoms. The van der Waals surface area contributed by atoms with Gasteiger partial charge >= 0.3 is 0 Å². The van der Waals surface area contributed by atoms with Gasteiger partial charge in [0.05, 0.1) is 5.02 Å². The van der Waals surface area contributed by atoms with Gasteiger partial charge in [-0.15, -0.1) is 0 Å². The molecule has 1 amide bonds. The van der Waals surface area contributed by atoms with Crippen LogP contribution in [0.3, 0.4) is 0 Å². The molecule has 0 saturated carbocycles. The molecular weight excluding hydrogens is 266 g/mol. The number of hydroxylamine groups is 1. The smallest absolute Gasteiger partial charge is 0.289 e. The third kappa shape index (κ3) is 3.24. The van der Waals surface area contributed by atoms with Gasteiger partial charge in [-0.1, -0.05) is 54.1 Å². The largest absolute Gasteiger partial charge is 0.474 e. The fraction of sp³-hybridized carbons (Fsp3) is 0.0714. The van der Waals surface area contributed by atoms with E-state index < -0.39 is 12.0 Å². The van der Waals surface area contributed by atoms with Gasteiger partial charge in [0.1, 0.15) is 5.75 Å². The first-order valence-electron chi connectivity index (χ1n) is 5.62. The van der Waals surface area contributed by atoms with Crippen molar-refractivity contribution < 1.29 is 14.7 Å². The molecule has 2 N–H and O–H groups in total. The molecule has 0 heterocycles. The summed E-state index contributed by atoms with van der Waals surface area (Å²) in [4.78, 5) is 11.7. The van der Waals surface area contributed by atoms with Crippen molar-refractivity contribution in [3.63, 3.8) is 0 Å². The van der Waals surface area contributed by atoms with Gasteiger partial charge in [-0.25, -0.2) is 5.48 Å². The Labute approximate surface area is 115 Å². The molecule has 5 heteroatoms. The van der Waals surface area contributed by atoms with E-state index in [2.05, 4.69) is 0 Å². The van der Waals surface area contributed by atoms with E-state index in [1.54, 1.807) is 54.0 Å². The van der Waals surface area contributed by atoms with Crippen LogP contribution in [-0.2, 0) is 4.79 Å². The number of nitrogens with one attached hydrogen (secondary N) is 1. The molecule has 2 aromatic rings. The summed E-state index contributed by atoms with van der Waals surface area (Å²) in [7, 11) is 0. The number of amides is 1. The normalized spacial score (nSPS) is 11.7. The van der Waals surface area contributed by atoms with E-state index in [-0.39, 0.29) is 0 Å². The van der Waals surface area contributed by atoms with E-state index in [1.807, 2.05) is 6.07 Å². The molecule has 0 aliphatic heterocycles. The van der Waals surface area contributed by atoms with Crippen molar-refractivity contribution in [2.24, 2.45) is 0 Å². The van der Waals surface area contributed by atoms with E-state index in [0.29, 0.717) is 16.3 Å². The summed E-state index contributed by atoms with van der Waals surface area (Å²) in [6.07, 6.45) is -0.967. The number of halogens is 1. The van der Waals surface area contributed by atoms with Crippen LogP contribution in [0, 0.1) is 0 Å². The zero-order chi connectivity index (χ0) is 13.7. The molecule has 0 aliphatic rings. The number of para-hydroxylation sites is 1. The highest BCUT2D eigenvalue weighted by molar-refractivity contribution is 6.32.